The second kappa shape index (κ2) is 10.1. The maximum atomic E-state index is 13.2. The summed E-state index contributed by atoms with van der Waals surface area (Å²) in [4.78, 5) is 27.9. The van der Waals surface area contributed by atoms with Gasteiger partial charge in [0, 0.05) is 18.5 Å². The van der Waals surface area contributed by atoms with Gasteiger partial charge in [-0.25, -0.2) is 8.42 Å². The number of amides is 2. The molecule has 3 rings (SSSR count). The molecule has 1 unspecified atom stereocenters. The Bertz CT molecular complexity index is 1170. The smallest absolute Gasteiger partial charge is 0.370 e. The van der Waals surface area contributed by atoms with E-state index in [-0.39, 0.29) is 49.3 Å². The number of hydrogen-bond acceptors (Lipinski definition) is 6. The highest BCUT2D eigenvalue weighted by Crippen LogP contribution is 2.24. The van der Waals surface area contributed by atoms with Crippen molar-refractivity contribution >= 4 is 32.6 Å². The Morgan fingerprint density at radius 1 is 1.14 bits per heavy atom. The first-order chi connectivity index (χ1) is 16.2. The lowest BCUT2D eigenvalue weighted by molar-refractivity contribution is -0.174. The second-order valence-corrected chi connectivity index (χ2v) is 11.8. The molecule has 2 aromatic rings. The quantitative estimate of drug-likeness (QED) is 0.562. The minimum absolute atomic E-state index is 0.00620. The molecule has 9 nitrogen and oxygen atoms in total. The molecule has 1 aliphatic rings. The van der Waals surface area contributed by atoms with Gasteiger partial charge >= 0.3 is 6.18 Å². The lowest BCUT2D eigenvalue weighted by Crippen LogP contribution is -2.57. The number of nitrogens with zero attached hydrogens (tertiary/aromatic N) is 3. The molecule has 0 spiro atoms. The molecule has 2 amide bonds. The first-order valence-electron chi connectivity index (χ1n) is 11.1. The summed E-state index contributed by atoms with van der Waals surface area (Å²) in [6, 6.07) is 5.81. The highest BCUT2D eigenvalue weighted by atomic mass is 32.2. The molecule has 1 fully saturated rings. The fourth-order valence-corrected chi connectivity index (χ4v) is 4.97. The lowest BCUT2D eigenvalue weighted by atomic mass is 9.85. The van der Waals surface area contributed by atoms with Crippen LogP contribution in [-0.2, 0) is 25.9 Å². The molecule has 1 saturated heterocycles. The van der Waals surface area contributed by atoms with Crippen molar-refractivity contribution in [1.82, 2.24) is 20.0 Å². The van der Waals surface area contributed by atoms with Gasteiger partial charge in [-0.3, -0.25) is 14.3 Å². The maximum Gasteiger partial charge on any atom is 0.411 e. The van der Waals surface area contributed by atoms with Gasteiger partial charge in [0.05, 0.1) is 30.2 Å². The fraction of sp³-hybridized carbons (Fsp3) is 0.591. The number of alkyl halides is 3. The second-order valence-electron chi connectivity index (χ2n) is 9.51. The number of rotatable bonds is 7. The number of aromatic nitrogens is 2. The van der Waals surface area contributed by atoms with Gasteiger partial charge in [0.25, 0.3) is 5.91 Å². The zero-order valence-electron chi connectivity index (χ0n) is 19.8. The Morgan fingerprint density at radius 2 is 1.77 bits per heavy atom. The molecule has 1 aromatic carbocycles. The summed E-state index contributed by atoms with van der Waals surface area (Å²) in [5.41, 5.74) is -0.125. The number of benzene rings is 1. The highest BCUT2D eigenvalue weighted by Gasteiger charge is 2.38. The number of para-hydroxylation sites is 1. The molecule has 0 aliphatic carbocycles. The van der Waals surface area contributed by atoms with E-state index in [0.29, 0.717) is 10.9 Å². The van der Waals surface area contributed by atoms with Crippen LogP contribution < -0.4 is 5.32 Å². The van der Waals surface area contributed by atoms with Crippen LogP contribution in [0.5, 0.6) is 0 Å². The van der Waals surface area contributed by atoms with Crippen molar-refractivity contribution in [2.75, 3.05) is 37.8 Å². The van der Waals surface area contributed by atoms with Crippen molar-refractivity contribution in [3.8, 4) is 0 Å². The SMILES string of the molecule is CC(C)(C)C(NC(=O)c1nn(CCOCC(F)(F)F)c2ccccc12)C(=O)N1CCS(=O)(=O)CC1. The highest BCUT2D eigenvalue weighted by molar-refractivity contribution is 7.91. The van der Waals surface area contributed by atoms with E-state index in [1.165, 1.54) is 9.58 Å². The van der Waals surface area contributed by atoms with Crippen LogP contribution in [0.3, 0.4) is 0 Å². The van der Waals surface area contributed by atoms with E-state index in [0.717, 1.165) is 0 Å². The van der Waals surface area contributed by atoms with Crippen LogP contribution >= 0.6 is 0 Å². The normalized spacial score (nSPS) is 17.4. The number of carbonyl (C=O) groups is 2. The van der Waals surface area contributed by atoms with Crippen molar-refractivity contribution in [2.45, 2.75) is 39.5 Å². The Kier molecular flexibility index (Phi) is 7.80. The Balaban J connectivity index is 1.79. The molecule has 194 valence electrons. The Morgan fingerprint density at radius 3 is 2.37 bits per heavy atom. The molecular weight excluding hydrogens is 489 g/mol. The van der Waals surface area contributed by atoms with Gasteiger partial charge in [-0.1, -0.05) is 39.0 Å². The predicted molar refractivity (Wildman–Crippen MR) is 123 cm³/mol. The predicted octanol–water partition coefficient (Wildman–Crippen LogP) is 2.02. The summed E-state index contributed by atoms with van der Waals surface area (Å²) < 4.78 is 66.5. The minimum Gasteiger partial charge on any atom is -0.370 e. The van der Waals surface area contributed by atoms with Gasteiger partial charge in [0.1, 0.15) is 12.6 Å². The molecule has 13 heteroatoms. The summed E-state index contributed by atoms with van der Waals surface area (Å²) in [5, 5.41) is 7.51. The molecular formula is C22H29F3N4O5S. The first kappa shape index (κ1) is 26.9. The van der Waals surface area contributed by atoms with Gasteiger partial charge < -0.3 is 15.0 Å². The van der Waals surface area contributed by atoms with Crippen molar-refractivity contribution < 1.29 is 35.9 Å². The molecule has 1 aliphatic heterocycles. The fourth-order valence-electron chi connectivity index (χ4n) is 3.77. The van der Waals surface area contributed by atoms with Crippen LogP contribution in [0.2, 0.25) is 0 Å². The maximum absolute atomic E-state index is 13.2. The first-order valence-corrected chi connectivity index (χ1v) is 12.9. The lowest BCUT2D eigenvalue weighted by Gasteiger charge is -2.36. The van der Waals surface area contributed by atoms with Crippen LogP contribution in [0.25, 0.3) is 10.9 Å². The summed E-state index contributed by atoms with van der Waals surface area (Å²) >= 11 is 0. The van der Waals surface area contributed by atoms with E-state index in [4.69, 9.17) is 0 Å². The number of ether oxygens (including phenoxy) is 1. The van der Waals surface area contributed by atoms with Gasteiger partial charge in [0.2, 0.25) is 5.91 Å². The standard InChI is InChI=1S/C22H29F3N4O5S/c1-21(2,3)18(20(31)28-9-12-35(32,33)13-10-28)26-19(30)17-15-6-4-5-7-16(15)29(27-17)8-11-34-14-22(23,24)25/h4-7,18H,8-14H2,1-3H3,(H,26,30). The molecule has 0 bridgehead atoms. The molecule has 2 heterocycles. The van der Waals surface area contributed by atoms with Crippen LogP contribution in [0.1, 0.15) is 31.3 Å². The monoisotopic (exact) mass is 518 g/mol. The van der Waals surface area contributed by atoms with Crippen molar-refractivity contribution in [3.63, 3.8) is 0 Å². The molecule has 1 N–H and O–H groups in total. The van der Waals surface area contributed by atoms with Gasteiger partial charge in [0.15, 0.2) is 15.5 Å². The van der Waals surface area contributed by atoms with Gasteiger partial charge in [-0.15, -0.1) is 0 Å². The van der Waals surface area contributed by atoms with Crippen LogP contribution in [0.4, 0.5) is 13.2 Å². The van der Waals surface area contributed by atoms with Crippen molar-refractivity contribution in [1.29, 1.82) is 0 Å². The van der Waals surface area contributed by atoms with Crippen molar-refractivity contribution in [3.05, 3.63) is 30.0 Å². The van der Waals surface area contributed by atoms with E-state index in [1.54, 1.807) is 45.0 Å². The largest absolute Gasteiger partial charge is 0.411 e. The third-order valence-corrected chi connectivity index (χ3v) is 7.24. The van der Waals surface area contributed by atoms with Crippen LogP contribution in [0, 0.1) is 5.41 Å². The van der Waals surface area contributed by atoms with Gasteiger partial charge in [-0.05, 0) is 11.5 Å². The third-order valence-electron chi connectivity index (χ3n) is 5.63. The van der Waals surface area contributed by atoms with E-state index < -0.39 is 40.0 Å². The Hall–Kier alpha value is -2.67. The molecule has 0 radical (unpaired) electrons. The number of carbonyl (C=O) groups excluding carboxylic acids is 2. The molecule has 35 heavy (non-hydrogen) atoms. The summed E-state index contributed by atoms with van der Waals surface area (Å²) in [7, 11) is -3.18. The van der Waals surface area contributed by atoms with Crippen molar-refractivity contribution in [2.24, 2.45) is 5.41 Å². The van der Waals surface area contributed by atoms with E-state index >= 15 is 0 Å². The average molecular weight is 519 g/mol. The van der Waals surface area contributed by atoms with E-state index in [1.807, 2.05) is 0 Å². The van der Waals surface area contributed by atoms with Crippen LogP contribution in [0.15, 0.2) is 24.3 Å². The third kappa shape index (κ3) is 6.94. The van der Waals surface area contributed by atoms with E-state index in [9.17, 15) is 31.2 Å². The summed E-state index contributed by atoms with van der Waals surface area (Å²) in [6.45, 7) is 3.81. The van der Waals surface area contributed by atoms with Crippen LogP contribution in [-0.4, -0.2) is 84.9 Å². The molecule has 1 atom stereocenters. The minimum atomic E-state index is -4.44. The number of hydrogen-bond donors (Lipinski definition) is 1. The average Bonchev–Trinajstić information content (AvgIpc) is 3.12. The number of nitrogens with one attached hydrogen (secondary N) is 1. The zero-order chi connectivity index (χ0) is 26.0. The number of fused-ring (bicyclic) bond motifs is 1. The zero-order valence-corrected chi connectivity index (χ0v) is 20.6. The summed E-state index contributed by atoms with van der Waals surface area (Å²) in [6.07, 6.45) is -4.44. The number of halogens is 3. The van der Waals surface area contributed by atoms with E-state index in [2.05, 4.69) is 15.2 Å². The molecule has 1 aromatic heterocycles. The van der Waals surface area contributed by atoms with Gasteiger partial charge in [-0.2, -0.15) is 18.3 Å². The molecule has 0 saturated carbocycles. The summed E-state index contributed by atoms with van der Waals surface area (Å²) in [5.74, 6) is -1.26. The number of sulfone groups is 1. The Labute approximate surface area is 201 Å². The topological polar surface area (TPSA) is 111 Å².